The largest absolute Gasteiger partial charge is 0.496 e. The summed E-state index contributed by atoms with van der Waals surface area (Å²) in [6, 6.07) is 15.9. The Morgan fingerprint density at radius 3 is 2.61 bits per heavy atom. The van der Waals surface area contributed by atoms with Crippen LogP contribution in [0.3, 0.4) is 0 Å². The second-order valence-electron chi connectivity index (χ2n) is 7.65. The molecule has 1 heterocycles. The van der Waals surface area contributed by atoms with E-state index in [2.05, 4.69) is 20.4 Å². The van der Waals surface area contributed by atoms with E-state index in [-0.39, 0.29) is 11.9 Å². The quantitative estimate of drug-likeness (QED) is 0.497. The highest BCUT2D eigenvalue weighted by Gasteiger charge is 2.19. The summed E-state index contributed by atoms with van der Waals surface area (Å²) < 4.78 is 7.86. The van der Waals surface area contributed by atoms with E-state index in [0.717, 1.165) is 22.7 Å². The molecule has 1 aromatic heterocycles. The lowest BCUT2D eigenvalue weighted by Gasteiger charge is -2.26. The summed E-state index contributed by atoms with van der Waals surface area (Å²) in [5.41, 5.74) is 3.17. The second-order valence-corrected chi connectivity index (χ2v) is 8.03. The standard InChI is InChI=1S/C23H29N5O2S/c1-16-9-11-17(12-10-16)22-25-26-23(31)28(22)14-13-21(29)24-15-19(27(2)3)18-7-5-6-8-20(18)30-4/h5-12,19H,13-15H2,1-4H3,(H,24,29)(H,26,31). The smallest absolute Gasteiger partial charge is 0.221 e. The Morgan fingerprint density at radius 1 is 1.23 bits per heavy atom. The monoisotopic (exact) mass is 439 g/mol. The number of aryl methyl sites for hydroxylation is 1. The molecule has 1 unspecified atom stereocenters. The number of likely N-dealkylation sites (N-methyl/N-ethyl adjacent to an activating group) is 1. The van der Waals surface area contributed by atoms with Gasteiger partial charge in [0.1, 0.15) is 5.75 Å². The zero-order valence-corrected chi connectivity index (χ0v) is 19.2. The van der Waals surface area contributed by atoms with Gasteiger partial charge in [-0.25, -0.2) is 0 Å². The van der Waals surface area contributed by atoms with Gasteiger partial charge in [0.05, 0.1) is 13.2 Å². The molecule has 8 heteroatoms. The highest BCUT2D eigenvalue weighted by atomic mass is 32.1. The van der Waals surface area contributed by atoms with E-state index in [1.54, 1.807) is 7.11 Å². The van der Waals surface area contributed by atoms with Crippen LogP contribution in [0.5, 0.6) is 5.75 Å². The fraction of sp³-hybridized carbons (Fsp3) is 0.348. The Kier molecular flexibility index (Phi) is 7.59. The molecule has 31 heavy (non-hydrogen) atoms. The molecule has 2 N–H and O–H groups in total. The van der Waals surface area contributed by atoms with E-state index in [0.29, 0.717) is 24.3 Å². The summed E-state index contributed by atoms with van der Waals surface area (Å²) in [7, 11) is 5.63. The van der Waals surface area contributed by atoms with Crippen LogP contribution in [0.2, 0.25) is 0 Å². The minimum absolute atomic E-state index is 0.000637. The first kappa shape index (κ1) is 22.7. The molecule has 0 bridgehead atoms. The van der Waals surface area contributed by atoms with Crippen molar-refractivity contribution in [3.63, 3.8) is 0 Å². The van der Waals surface area contributed by atoms with E-state index in [1.807, 2.05) is 74.1 Å². The molecule has 3 aromatic rings. The van der Waals surface area contributed by atoms with Crippen molar-refractivity contribution >= 4 is 18.1 Å². The van der Waals surface area contributed by atoms with Crippen molar-refractivity contribution in [1.82, 2.24) is 25.0 Å². The minimum Gasteiger partial charge on any atom is -0.496 e. The number of aromatic amines is 1. The molecule has 0 radical (unpaired) electrons. The van der Waals surface area contributed by atoms with Crippen molar-refractivity contribution < 1.29 is 9.53 Å². The van der Waals surface area contributed by atoms with E-state index >= 15 is 0 Å². The molecule has 0 saturated heterocycles. The maximum absolute atomic E-state index is 12.6. The Balaban J connectivity index is 1.65. The van der Waals surface area contributed by atoms with Crippen LogP contribution >= 0.6 is 12.2 Å². The highest BCUT2D eigenvalue weighted by Crippen LogP contribution is 2.27. The Hall–Kier alpha value is -2.97. The molecular formula is C23H29N5O2S. The lowest BCUT2D eigenvalue weighted by atomic mass is 10.0. The maximum atomic E-state index is 12.6. The summed E-state index contributed by atoms with van der Waals surface area (Å²) in [5.74, 6) is 1.50. The second kappa shape index (κ2) is 10.4. The molecule has 3 rings (SSSR count). The number of nitrogens with zero attached hydrogens (tertiary/aromatic N) is 3. The number of nitrogens with one attached hydrogen (secondary N) is 2. The summed E-state index contributed by atoms with van der Waals surface area (Å²) in [5, 5.41) is 10.2. The van der Waals surface area contributed by atoms with Crippen molar-refractivity contribution in [2.45, 2.75) is 25.9 Å². The van der Waals surface area contributed by atoms with E-state index in [9.17, 15) is 4.79 Å². The summed E-state index contributed by atoms with van der Waals surface area (Å²) in [4.78, 5) is 14.7. The van der Waals surface area contributed by atoms with Crippen molar-refractivity contribution in [2.75, 3.05) is 27.7 Å². The SMILES string of the molecule is COc1ccccc1C(CNC(=O)CCn1c(-c2ccc(C)cc2)n[nH]c1=S)N(C)C. The zero-order valence-electron chi connectivity index (χ0n) is 18.4. The van der Waals surface area contributed by atoms with Crippen molar-refractivity contribution in [3.05, 3.63) is 64.4 Å². The molecule has 2 aromatic carbocycles. The Bertz CT molecular complexity index is 1070. The van der Waals surface area contributed by atoms with Gasteiger partial charge >= 0.3 is 0 Å². The van der Waals surface area contributed by atoms with Crippen LogP contribution in [0.4, 0.5) is 0 Å². The van der Waals surface area contributed by atoms with Crippen LogP contribution in [0.1, 0.15) is 23.6 Å². The van der Waals surface area contributed by atoms with Gasteiger partial charge in [0.25, 0.3) is 0 Å². The van der Waals surface area contributed by atoms with Crippen LogP contribution in [-0.2, 0) is 11.3 Å². The molecular weight excluding hydrogens is 410 g/mol. The number of aromatic nitrogens is 3. The first-order valence-electron chi connectivity index (χ1n) is 10.2. The number of carbonyl (C=O) groups is 1. The van der Waals surface area contributed by atoms with Crippen molar-refractivity contribution in [2.24, 2.45) is 0 Å². The third-order valence-corrected chi connectivity index (χ3v) is 5.56. The van der Waals surface area contributed by atoms with E-state index < -0.39 is 0 Å². The predicted octanol–water partition coefficient (Wildman–Crippen LogP) is 3.73. The third-order valence-electron chi connectivity index (χ3n) is 5.24. The van der Waals surface area contributed by atoms with Gasteiger partial charge in [0.2, 0.25) is 5.91 Å². The van der Waals surface area contributed by atoms with Gasteiger partial charge in [-0.1, -0.05) is 48.0 Å². The number of carbonyl (C=O) groups excluding carboxylic acids is 1. The van der Waals surface area contributed by atoms with Gasteiger partial charge < -0.3 is 15.0 Å². The summed E-state index contributed by atoms with van der Waals surface area (Å²) >= 11 is 5.38. The number of rotatable bonds is 9. The molecule has 0 saturated carbocycles. The van der Waals surface area contributed by atoms with Gasteiger partial charge in [-0.15, -0.1) is 0 Å². The van der Waals surface area contributed by atoms with Crippen LogP contribution in [0.15, 0.2) is 48.5 Å². The van der Waals surface area contributed by atoms with E-state index in [4.69, 9.17) is 17.0 Å². The first-order chi connectivity index (χ1) is 14.9. The predicted molar refractivity (Wildman–Crippen MR) is 125 cm³/mol. The maximum Gasteiger partial charge on any atom is 0.221 e. The van der Waals surface area contributed by atoms with Gasteiger partial charge in [-0.3, -0.25) is 14.5 Å². The number of methoxy groups -OCH3 is 1. The number of H-pyrrole nitrogens is 1. The average molecular weight is 440 g/mol. The van der Waals surface area contributed by atoms with Gasteiger partial charge in [0.15, 0.2) is 10.6 Å². The molecule has 1 amide bonds. The lowest BCUT2D eigenvalue weighted by Crippen LogP contribution is -2.35. The molecule has 1 atom stereocenters. The zero-order chi connectivity index (χ0) is 22.4. The van der Waals surface area contributed by atoms with Crippen molar-refractivity contribution in [1.29, 1.82) is 0 Å². The number of benzene rings is 2. The molecule has 0 aliphatic rings. The molecule has 7 nitrogen and oxygen atoms in total. The minimum atomic E-state index is -0.0419. The first-order valence-corrected chi connectivity index (χ1v) is 10.6. The van der Waals surface area contributed by atoms with Crippen molar-refractivity contribution in [3.8, 4) is 17.1 Å². The number of para-hydroxylation sites is 1. The van der Waals surface area contributed by atoms with Crippen LogP contribution in [0.25, 0.3) is 11.4 Å². The number of hydrogen-bond acceptors (Lipinski definition) is 5. The van der Waals surface area contributed by atoms with Crippen LogP contribution < -0.4 is 10.1 Å². The lowest BCUT2D eigenvalue weighted by molar-refractivity contribution is -0.121. The molecule has 0 fully saturated rings. The summed E-state index contributed by atoms with van der Waals surface area (Å²) in [6.45, 7) is 2.97. The Labute approximate surface area is 188 Å². The van der Waals surface area contributed by atoms with Gasteiger partial charge in [0, 0.05) is 30.6 Å². The third kappa shape index (κ3) is 5.59. The fourth-order valence-corrected chi connectivity index (χ4v) is 3.70. The number of ether oxygens (including phenoxy) is 1. The highest BCUT2D eigenvalue weighted by molar-refractivity contribution is 7.71. The molecule has 164 valence electrons. The topological polar surface area (TPSA) is 75.2 Å². The number of amides is 1. The van der Waals surface area contributed by atoms with Gasteiger partial charge in [-0.05, 0) is 39.3 Å². The van der Waals surface area contributed by atoms with Gasteiger partial charge in [-0.2, -0.15) is 5.10 Å². The van der Waals surface area contributed by atoms with Crippen LogP contribution in [0, 0.1) is 11.7 Å². The van der Waals surface area contributed by atoms with E-state index in [1.165, 1.54) is 5.56 Å². The number of hydrogen-bond donors (Lipinski definition) is 2. The normalized spacial score (nSPS) is 12.0. The molecule has 0 spiro atoms. The Morgan fingerprint density at radius 2 is 1.94 bits per heavy atom. The average Bonchev–Trinajstić information content (AvgIpc) is 3.13. The summed E-state index contributed by atoms with van der Waals surface area (Å²) in [6.07, 6.45) is 0.304. The molecule has 0 aliphatic heterocycles. The van der Waals surface area contributed by atoms with Crippen LogP contribution in [-0.4, -0.2) is 53.3 Å². The fourth-order valence-electron chi connectivity index (χ4n) is 3.47. The molecule has 0 aliphatic carbocycles.